The van der Waals surface area contributed by atoms with E-state index < -0.39 is 11.6 Å². The van der Waals surface area contributed by atoms with E-state index in [0.29, 0.717) is 5.69 Å². The Bertz CT molecular complexity index is 1020. The number of ketones is 2. The number of benzene rings is 2. The molecule has 0 amide bonds. The van der Waals surface area contributed by atoms with Gasteiger partial charge in [-0.3, -0.25) is 9.59 Å². The van der Waals surface area contributed by atoms with Gasteiger partial charge in [0.05, 0.1) is 5.03 Å². The lowest BCUT2D eigenvalue weighted by Gasteiger charge is -2.22. The highest BCUT2D eigenvalue weighted by molar-refractivity contribution is 6.56. The summed E-state index contributed by atoms with van der Waals surface area (Å²) in [6.07, 6.45) is 0.248. The smallest absolute Gasteiger partial charge is 0.222 e. The van der Waals surface area contributed by atoms with Crippen LogP contribution in [0.2, 0.25) is 0 Å². The molecule has 0 saturated carbocycles. The second-order valence-corrected chi connectivity index (χ2v) is 11.0. The van der Waals surface area contributed by atoms with Crippen molar-refractivity contribution in [2.75, 3.05) is 5.32 Å². The Morgan fingerprint density at radius 3 is 1.62 bits per heavy atom. The number of Topliss-reactive ketones (excluding diaryl/α,β-unsaturated/α-hetero) is 2. The largest absolute Gasteiger partial charge is 0.351 e. The third-order valence-corrected chi connectivity index (χ3v) is 6.37. The predicted octanol–water partition coefficient (Wildman–Crippen LogP) is 7.03. The fourth-order valence-corrected chi connectivity index (χ4v) is 3.98. The van der Waals surface area contributed by atoms with Gasteiger partial charge in [-0.1, -0.05) is 101 Å². The summed E-state index contributed by atoms with van der Waals surface area (Å²) >= 11 is 12.7. The van der Waals surface area contributed by atoms with E-state index in [1.54, 1.807) is 0 Å². The van der Waals surface area contributed by atoms with E-state index in [1.165, 1.54) is 5.56 Å². The van der Waals surface area contributed by atoms with Crippen molar-refractivity contribution in [3.8, 4) is 0 Å². The van der Waals surface area contributed by atoms with Gasteiger partial charge < -0.3 is 5.32 Å². The van der Waals surface area contributed by atoms with Crippen LogP contribution < -0.4 is 5.32 Å². The van der Waals surface area contributed by atoms with Crippen molar-refractivity contribution >= 4 is 40.5 Å². The van der Waals surface area contributed by atoms with Crippen molar-refractivity contribution in [2.24, 2.45) is 0 Å². The van der Waals surface area contributed by atoms with Crippen LogP contribution in [0.3, 0.4) is 0 Å². The molecule has 168 valence electrons. The van der Waals surface area contributed by atoms with Gasteiger partial charge in [0, 0.05) is 17.7 Å². The van der Waals surface area contributed by atoms with Gasteiger partial charge in [0.1, 0.15) is 10.7 Å². The molecule has 5 heteroatoms. The summed E-state index contributed by atoms with van der Waals surface area (Å²) in [7, 11) is 0. The van der Waals surface area contributed by atoms with Crippen LogP contribution in [-0.4, -0.2) is 11.6 Å². The van der Waals surface area contributed by atoms with Gasteiger partial charge in [-0.05, 0) is 39.7 Å². The Morgan fingerprint density at radius 2 is 1.16 bits per heavy atom. The number of allylic oxidation sites excluding steroid dienone is 3. The third kappa shape index (κ3) is 5.16. The quantitative estimate of drug-likeness (QED) is 0.488. The van der Waals surface area contributed by atoms with Crippen molar-refractivity contribution in [2.45, 2.75) is 58.8 Å². The number of hydrogen-bond acceptors (Lipinski definition) is 3. The number of rotatable bonds is 4. The third-order valence-electron chi connectivity index (χ3n) is 5.61. The van der Waals surface area contributed by atoms with Crippen LogP contribution in [-0.2, 0) is 26.8 Å². The Balaban J connectivity index is 1.82. The Labute approximate surface area is 200 Å². The van der Waals surface area contributed by atoms with Crippen LogP contribution in [0.5, 0.6) is 0 Å². The molecule has 0 aromatic heterocycles. The van der Waals surface area contributed by atoms with Crippen LogP contribution in [0.1, 0.15) is 58.2 Å². The Hall–Kier alpha value is -2.36. The summed E-state index contributed by atoms with van der Waals surface area (Å²) in [5.74, 6) is -0.901. The SMILES string of the molecule is CC(C)(C)c1ccc(CC2=C(Cl)C(=O)C(Nc3ccc(C(C)(C)C)cc3)=C(Cl)C2=O)cc1. The summed E-state index contributed by atoms with van der Waals surface area (Å²) in [4.78, 5) is 25.9. The zero-order valence-electron chi connectivity index (χ0n) is 19.4. The van der Waals surface area contributed by atoms with E-state index in [1.807, 2.05) is 48.5 Å². The molecule has 0 aliphatic heterocycles. The minimum atomic E-state index is -0.475. The summed E-state index contributed by atoms with van der Waals surface area (Å²) in [5, 5.41) is 2.76. The second-order valence-electron chi connectivity index (χ2n) is 10.2. The average molecular weight is 470 g/mol. The van der Waals surface area contributed by atoms with E-state index >= 15 is 0 Å². The first kappa shape index (κ1) is 24.3. The highest BCUT2D eigenvalue weighted by atomic mass is 35.5. The monoisotopic (exact) mass is 469 g/mol. The van der Waals surface area contributed by atoms with Gasteiger partial charge in [-0.15, -0.1) is 0 Å². The molecule has 0 heterocycles. The van der Waals surface area contributed by atoms with Gasteiger partial charge in [0.2, 0.25) is 11.6 Å². The molecular weight excluding hydrogens is 441 g/mol. The lowest BCUT2D eigenvalue weighted by Crippen LogP contribution is -2.25. The molecule has 0 spiro atoms. The van der Waals surface area contributed by atoms with Crippen molar-refractivity contribution in [1.82, 2.24) is 0 Å². The maximum atomic E-state index is 13.0. The molecule has 3 rings (SSSR count). The summed E-state index contributed by atoms with van der Waals surface area (Å²) < 4.78 is 0. The molecule has 0 bridgehead atoms. The molecule has 32 heavy (non-hydrogen) atoms. The van der Waals surface area contributed by atoms with Crippen LogP contribution in [0.4, 0.5) is 5.69 Å². The molecule has 0 radical (unpaired) electrons. The maximum Gasteiger partial charge on any atom is 0.222 e. The molecule has 1 aliphatic carbocycles. The van der Waals surface area contributed by atoms with Crippen LogP contribution in [0.25, 0.3) is 0 Å². The van der Waals surface area contributed by atoms with Gasteiger partial charge in [0.15, 0.2) is 0 Å². The highest BCUT2D eigenvalue weighted by Gasteiger charge is 2.33. The molecule has 1 N–H and O–H groups in total. The molecule has 0 unspecified atom stereocenters. The number of anilines is 1. The first-order chi connectivity index (χ1) is 14.8. The minimum Gasteiger partial charge on any atom is -0.351 e. The van der Waals surface area contributed by atoms with Crippen LogP contribution in [0.15, 0.2) is 69.9 Å². The maximum absolute atomic E-state index is 13.0. The molecule has 1 aliphatic rings. The molecule has 0 atom stereocenters. The van der Waals surface area contributed by atoms with Gasteiger partial charge in [-0.25, -0.2) is 0 Å². The molecule has 0 saturated heterocycles. The highest BCUT2D eigenvalue weighted by Crippen LogP contribution is 2.33. The molecule has 2 aromatic rings. The van der Waals surface area contributed by atoms with Gasteiger partial charge in [-0.2, -0.15) is 0 Å². The molecule has 3 nitrogen and oxygen atoms in total. The average Bonchev–Trinajstić information content (AvgIpc) is 2.72. The van der Waals surface area contributed by atoms with E-state index in [0.717, 1.165) is 11.1 Å². The van der Waals surface area contributed by atoms with Crippen molar-refractivity contribution in [3.05, 3.63) is 86.6 Å². The van der Waals surface area contributed by atoms with E-state index in [9.17, 15) is 9.59 Å². The fraction of sp³-hybridized carbons (Fsp3) is 0.333. The number of halogens is 2. The van der Waals surface area contributed by atoms with E-state index in [-0.39, 0.29) is 38.6 Å². The van der Waals surface area contributed by atoms with Crippen LogP contribution in [0, 0.1) is 0 Å². The summed E-state index contributed by atoms with van der Waals surface area (Å²) in [6, 6.07) is 15.7. The van der Waals surface area contributed by atoms with E-state index in [2.05, 4.69) is 46.9 Å². The summed E-state index contributed by atoms with van der Waals surface area (Å²) in [5.41, 5.74) is 4.18. The topological polar surface area (TPSA) is 46.2 Å². The van der Waals surface area contributed by atoms with Gasteiger partial charge in [0.25, 0.3) is 0 Å². The predicted molar refractivity (Wildman–Crippen MR) is 133 cm³/mol. The Morgan fingerprint density at radius 1 is 0.688 bits per heavy atom. The van der Waals surface area contributed by atoms with Crippen LogP contribution >= 0.6 is 23.2 Å². The lowest BCUT2D eigenvalue weighted by atomic mass is 9.86. The van der Waals surface area contributed by atoms with Gasteiger partial charge >= 0.3 is 0 Å². The number of nitrogens with one attached hydrogen (secondary N) is 1. The Kier molecular flexibility index (Phi) is 6.74. The van der Waals surface area contributed by atoms with E-state index in [4.69, 9.17) is 23.2 Å². The van der Waals surface area contributed by atoms with Crippen molar-refractivity contribution < 1.29 is 9.59 Å². The zero-order valence-corrected chi connectivity index (χ0v) is 20.9. The van der Waals surface area contributed by atoms with Crippen molar-refractivity contribution in [1.29, 1.82) is 0 Å². The zero-order chi connectivity index (χ0) is 23.8. The summed E-state index contributed by atoms with van der Waals surface area (Å²) in [6.45, 7) is 12.8. The standard InChI is InChI=1S/C27H29Cl2NO2/c1-26(2,3)17-9-7-16(8-10-17)15-20-21(28)25(32)23(22(29)24(20)31)30-19-13-11-18(12-14-19)27(4,5)6/h7-14,30H,15H2,1-6H3. The van der Waals surface area contributed by atoms with Crippen molar-refractivity contribution in [3.63, 3.8) is 0 Å². The number of carbonyl (C=O) groups excluding carboxylic acids is 2. The first-order valence-electron chi connectivity index (χ1n) is 10.6. The molecular formula is C27H29Cl2NO2. The first-order valence-corrected chi connectivity index (χ1v) is 11.4. The fourth-order valence-electron chi connectivity index (χ4n) is 3.49. The second kappa shape index (κ2) is 8.88. The number of carbonyl (C=O) groups is 2. The normalized spacial score (nSPS) is 15.5. The lowest BCUT2D eigenvalue weighted by molar-refractivity contribution is -0.115. The number of hydrogen-bond donors (Lipinski definition) is 1. The minimum absolute atomic E-state index is 0.0111. The molecule has 0 fully saturated rings. The molecule has 2 aromatic carbocycles.